The van der Waals surface area contributed by atoms with Crippen LogP contribution >= 0.6 is 0 Å². The molecule has 0 saturated carbocycles. The van der Waals surface area contributed by atoms with E-state index in [4.69, 9.17) is 4.74 Å². The molecule has 0 aliphatic rings. The van der Waals surface area contributed by atoms with Gasteiger partial charge in [0.15, 0.2) is 0 Å². The number of anilines is 1. The number of hydrogen-bond acceptors (Lipinski definition) is 5. The van der Waals surface area contributed by atoms with E-state index in [2.05, 4.69) is 15.5 Å². The second-order valence-electron chi connectivity index (χ2n) is 4.14. The van der Waals surface area contributed by atoms with E-state index < -0.39 is 11.7 Å². The van der Waals surface area contributed by atoms with Gasteiger partial charge in [0, 0.05) is 14.1 Å². The van der Waals surface area contributed by atoms with E-state index in [1.54, 1.807) is 34.9 Å². The summed E-state index contributed by atoms with van der Waals surface area (Å²) in [6.45, 7) is 5.40. The van der Waals surface area contributed by atoms with Crippen molar-refractivity contribution in [3.05, 3.63) is 0 Å². The summed E-state index contributed by atoms with van der Waals surface area (Å²) in [4.78, 5) is 12.9. The van der Waals surface area contributed by atoms with Gasteiger partial charge >= 0.3 is 6.09 Å². The third-order valence-corrected chi connectivity index (χ3v) is 1.57. The van der Waals surface area contributed by atoms with Crippen LogP contribution in [-0.2, 0) is 11.8 Å². The molecule has 7 heteroatoms. The summed E-state index contributed by atoms with van der Waals surface area (Å²) in [5, 5.41) is 10.8. The number of carbonyl (C=O) groups is 1. The summed E-state index contributed by atoms with van der Waals surface area (Å²) in [5.41, 5.74) is -0.530. The molecule has 15 heavy (non-hydrogen) atoms. The fraction of sp³-hybridized carbons (Fsp3) is 0.750. The molecule has 1 amide bonds. The molecule has 1 rings (SSSR count). The number of tetrazole rings is 1. The van der Waals surface area contributed by atoms with E-state index >= 15 is 0 Å². The molecule has 0 bridgehead atoms. The van der Waals surface area contributed by atoms with Gasteiger partial charge in [0.2, 0.25) is 0 Å². The van der Waals surface area contributed by atoms with Crippen molar-refractivity contribution in [3.63, 3.8) is 0 Å². The van der Waals surface area contributed by atoms with Crippen molar-refractivity contribution >= 4 is 12.0 Å². The molecule has 0 unspecified atom stereocenters. The molecule has 7 nitrogen and oxygen atoms in total. The van der Waals surface area contributed by atoms with Crippen LogP contribution in [0.2, 0.25) is 0 Å². The molecule has 1 aromatic rings. The maximum absolute atomic E-state index is 11.6. The molecule has 0 aliphatic carbocycles. The fourth-order valence-corrected chi connectivity index (χ4v) is 0.921. The zero-order chi connectivity index (χ0) is 11.6. The Bertz CT molecular complexity index is 354. The summed E-state index contributed by atoms with van der Waals surface area (Å²) in [5.74, 6) is 0.337. The predicted molar refractivity (Wildman–Crippen MR) is 53.4 cm³/mol. The molecular weight excluding hydrogens is 198 g/mol. The quantitative estimate of drug-likeness (QED) is 0.682. The Morgan fingerprint density at radius 2 is 2.07 bits per heavy atom. The highest BCUT2D eigenvalue weighted by molar-refractivity contribution is 5.84. The summed E-state index contributed by atoms with van der Waals surface area (Å²) >= 11 is 0. The van der Waals surface area contributed by atoms with Gasteiger partial charge in [0.1, 0.15) is 5.60 Å². The minimum atomic E-state index is -0.530. The number of hydrogen-bond donors (Lipinski definition) is 0. The lowest BCUT2D eigenvalue weighted by atomic mass is 10.2. The minimum absolute atomic E-state index is 0.337. The summed E-state index contributed by atoms with van der Waals surface area (Å²) in [6, 6.07) is 0. The first-order valence-electron chi connectivity index (χ1n) is 4.50. The Hall–Kier alpha value is -1.66. The normalized spacial score (nSPS) is 11.3. The van der Waals surface area contributed by atoms with Crippen molar-refractivity contribution in [3.8, 4) is 0 Å². The first-order chi connectivity index (χ1) is 6.81. The molecular formula is C8H15N5O2. The van der Waals surface area contributed by atoms with Gasteiger partial charge in [-0.3, -0.25) is 0 Å². The number of ether oxygens (including phenoxy) is 1. The van der Waals surface area contributed by atoms with Crippen LogP contribution in [0.4, 0.5) is 10.7 Å². The van der Waals surface area contributed by atoms with Crippen molar-refractivity contribution in [1.29, 1.82) is 0 Å². The molecule has 0 atom stereocenters. The Balaban J connectivity index is 2.74. The van der Waals surface area contributed by atoms with Crippen LogP contribution in [0, 0.1) is 0 Å². The molecule has 0 radical (unpaired) electrons. The average molecular weight is 213 g/mol. The number of carbonyl (C=O) groups excluding carboxylic acids is 1. The van der Waals surface area contributed by atoms with Gasteiger partial charge in [-0.2, -0.15) is 0 Å². The Labute approximate surface area is 88.0 Å². The second-order valence-corrected chi connectivity index (χ2v) is 4.14. The smallest absolute Gasteiger partial charge is 0.416 e. The molecule has 1 aromatic heterocycles. The van der Waals surface area contributed by atoms with E-state index in [9.17, 15) is 4.79 Å². The van der Waals surface area contributed by atoms with Crippen LogP contribution in [0.15, 0.2) is 0 Å². The number of amides is 1. The van der Waals surface area contributed by atoms with Gasteiger partial charge in [0.05, 0.1) is 0 Å². The van der Waals surface area contributed by atoms with E-state index in [1.807, 2.05) is 0 Å². The monoisotopic (exact) mass is 213 g/mol. The maximum Gasteiger partial charge on any atom is 0.416 e. The zero-order valence-electron chi connectivity index (χ0n) is 9.55. The lowest BCUT2D eigenvalue weighted by Gasteiger charge is -2.23. The molecule has 0 N–H and O–H groups in total. The molecule has 0 spiro atoms. The third-order valence-electron chi connectivity index (χ3n) is 1.57. The third kappa shape index (κ3) is 2.90. The van der Waals surface area contributed by atoms with Crippen molar-refractivity contribution in [2.75, 3.05) is 11.9 Å². The summed E-state index contributed by atoms with van der Waals surface area (Å²) in [6.07, 6.45) is -0.486. The highest BCUT2D eigenvalue weighted by Gasteiger charge is 2.23. The SMILES string of the molecule is CN(C(=O)OC(C)(C)C)c1nnnn1C. The van der Waals surface area contributed by atoms with Crippen LogP contribution in [0.25, 0.3) is 0 Å². The van der Waals surface area contributed by atoms with Crippen molar-refractivity contribution in [2.24, 2.45) is 7.05 Å². The Morgan fingerprint density at radius 1 is 1.47 bits per heavy atom. The largest absolute Gasteiger partial charge is 0.443 e. The van der Waals surface area contributed by atoms with Crippen molar-refractivity contribution in [2.45, 2.75) is 26.4 Å². The molecule has 0 fully saturated rings. The van der Waals surface area contributed by atoms with Gasteiger partial charge < -0.3 is 4.74 Å². The standard InChI is InChI=1S/C8H15N5O2/c1-8(2,3)15-7(14)12(4)6-9-10-11-13(6)5/h1-5H3. The van der Waals surface area contributed by atoms with Crippen molar-refractivity contribution in [1.82, 2.24) is 20.2 Å². The Kier molecular flexibility index (Phi) is 2.92. The topological polar surface area (TPSA) is 73.1 Å². The van der Waals surface area contributed by atoms with E-state index in [0.29, 0.717) is 5.95 Å². The molecule has 84 valence electrons. The highest BCUT2D eigenvalue weighted by Crippen LogP contribution is 2.12. The summed E-state index contributed by atoms with van der Waals surface area (Å²) < 4.78 is 6.55. The number of aryl methyl sites for hydroxylation is 1. The minimum Gasteiger partial charge on any atom is -0.443 e. The fourth-order valence-electron chi connectivity index (χ4n) is 0.921. The lowest BCUT2D eigenvalue weighted by molar-refractivity contribution is 0.0586. The van der Waals surface area contributed by atoms with Gasteiger partial charge in [-0.25, -0.2) is 14.4 Å². The van der Waals surface area contributed by atoms with Gasteiger partial charge in [0.25, 0.3) is 5.95 Å². The first-order valence-corrected chi connectivity index (χ1v) is 4.50. The summed E-state index contributed by atoms with van der Waals surface area (Å²) in [7, 11) is 3.20. The molecule has 1 heterocycles. The van der Waals surface area contributed by atoms with Crippen LogP contribution in [0.5, 0.6) is 0 Å². The zero-order valence-corrected chi connectivity index (χ0v) is 9.55. The van der Waals surface area contributed by atoms with Crippen LogP contribution in [0.3, 0.4) is 0 Å². The van der Waals surface area contributed by atoms with Gasteiger partial charge in [-0.15, -0.1) is 0 Å². The molecule has 0 saturated heterocycles. The van der Waals surface area contributed by atoms with Gasteiger partial charge in [-0.1, -0.05) is 5.10 Å². The number of aromatic nitrogens is 4. The number of nitrogens with zero attached hydrogens (tertiary/aromatic N) is 5. The van der Waals surface area contributed by atoms with Crippen LogP contribution in [0.1, 0.15) is 20.8 Å². The Morgan fingerprint density at radius 3 is 2.47 bits per heavy atom. The maximum atomic E-state index is 11.6. The van der Waals surface area contributed by atoms with Gasteiger partial charge in [-0.05, 0) is 31.2 Å². The van der Waals surface area contributed by atoms with E-state index in [-0.39, 0.29) is 0 Å². The lowest BCUT2D eigenvalue weighted by Crippen LogP contribution is -2.35. The first kappa shape index (κ1) is 11.4. The number of rotatable bonds is 1. The van der Waals surface area contributed by atoms with Crippen LogP contribution in [-0.4, -0.2) is 38.9 Å². The highest BCUT2D eigenvalue weighted by atomic mass is 16.6. The van der Waals surface area contributed by atoms with Crippen molar-refractivity contribution < 1.29 is 9.53 Å². The van der Waals surface area contributed by atoms with Crippen LogP contribution < -0.4 is 4.90 Å². The van der Waals surface area contributed by atoms with E-state index in [1.165, 1.54) is 9.58 Å². The molecule has 0 aliphatic heterocycles. The van der Waals surface area contributed by atoms with E-state index in [0.717, 1.165) is 0 Å². The molecule has 0 aromatic carbocycles. The average Bonchev–Trinajstić information content (AvgIpc) is 2.47. The second kappa shape index (κ2) is 3.84. The predicted octanol–water partition coefficient (Wildman–Crippen LogP) is 0.581.